The molecule has 3 aromatic rings. The molecule has 26 heavy (non-hydrogen) atoms. The summed E-state index contributed by atoms with van der Waals surface area (Å²) in [7, 11) is 0. The molecule has 0 saturated carbocycles. The number of hydrogen-bond donors (Lipinski definition) is 1. The molecule has 0 aliphatic heterocycles. The maximum Gasteiger partial charge on any atom is 0.265 e. The molecule has 0 spiro atoms. The van der Waals surface area contributed by atoms with Gasteiger partial charge in [-0.3, -0.25) is 14.2 Å². The van der Waals surface area contributed by atoms with Crippen LogP contribution in [0.25, 0.3) is 11.1 Å². The molecule has 0 radical (unpaired) electrons. The van der Waals surface area contributed by atoms with Gasteiger partial charge in [-0.1, -0.05) is 32.9 Å². The lowest BCUT2D eigenvalue weighted by molar-refractivity contribution is 0.102. The number of nitrogens with one attached hydrogen (secondary N) is 1. The van der Waals surface area contributed by atoms with Gasteiger partial charge in [0.2, 0.25) is 5.71 Å². The fourth-order valence-corrected chi connectivity index (χ4v) is 3.00. The molecule has 1 aromatic carbocycles. The quantitative estimate of drug-likeness (QED) is 0.757. The van der Waals surface area contributed by atoms with Crippen molar-refractivity contribution in [1.82, 2.24) is 9.55 Å². The first-order valence-corrected chi connectivity index (χ1v) is 8.79. The summed E-state index contributed by atoms with van der Waals surface area (Å²) in [6, 6.07) is 7.64. The Kier molecular flexibility index (Phi) is 4.93. The number of carbonyl (C=O) groups excluding carboxylic acids is 1. The minimum absolute atomic E-state index is 0.194. The number of hydrogen-bond acceptors (Lipinski definition) is 4. The SMILES string of the molecule is CCc1cccc(NC(=O)c2c(C)oc3ncn(CC(C)C)c(=O)c23)c1. The summed E-state index contributed by atoms with van der Waals surface area (Å²) in [5, 5.41) is 3.10. The largest absolute Gasteiger partial charge is 0.442 e. The second-order valence-electron chi connectivity index (χ2n) is 6.82. The highest BCUT2D eigenvalue weighted by Gasteiger charge is 2.23. The van der Waals surface area contributed by atoms with Crippen molar-refractivity contribution in [2.45, 2.75) is 40.7 Å². The van der Waals surface area contributed by atoms with E-state index in [1.54, 1.807) is 6.92 Å². The zero-order valence-corrected chi connectivity index (χ0v) is 15.5. The van der Waals surface area contributed by atoms with Gasteiger partial charge in [-0.25, -0.2) is 4.98 Å². The Hall–Kier alpha value is -2.89. The number of amides is 1. The highest BCUT2D eigenvalue weighted by molar-refractivity contribution is 6.12. The summed E-state index contributed by atoms with van der Waals surface area (Å²) in [6.07, 6.45) is 2.35. The molecule has 6 nitrogen and oxygen atoms in total. The van der Waals surface area contributed by atoms with E-state index >= 15 is 0 Å². The molecule has 1 N–H and O–H groups in total. The molecule has 0 saturated heterocycles. The summed E-state index contributed by atoms with van der Waals surface area (Å²) in [6.45, 7) is 8.30. The molecular formula is C20H23N3O3. The van der Waals surface area contributed by atoms with Gasteiger partial charge < -0.3 is 9.73 Å². The van der Waals surface area contributed by atoms with Crippen LogP contribution in [0.5, 0.6) is 0 Å². The Balaban J connectivity index is 2.04. The summed E-state index contributed by atoms with van der Waals surface area (Å²) in [5.41, 5.74) is 2.00. The average Bonchev–Trinajstić information content (AvgIpc) is 2.94. The first-order valence-electron chi connectivity index (χ1n) is 8.79. The van der Waals surface area contributed by atoms with Crippen LogP contribution >= 0.6 is 0 Å². The number of rotatable bonds is 5. The fourth-order valence-electron chi connectivity index (χ4n) is 3.00. The van der Waals surface area contributed by atoms with Crippen LogP contribution in [0.3, 0.4) is 0 Å². The summed E-state index contributed by atoms with van der Waals surface area (Å²) in [5.74, 6) is 0.306. The maximum atomic E-state index is 12.8. The monoisotopic (exact) mass is 353 g/mol. The summed E-state index contributed by atoms with van der Waals surface area (Å²) >= 11 is 0. The number of carbonyl (C=O) groups is 1. The third-order valence-corrected chi connectivity index (χ3v) is 4.24. The van der Waals surface area contributed by atoms with Crippen molar-refractivity contribution < 1.29 is 9.21 Å². The zero-order valence-electron chi connectivity index (χ0n) is 15.5. The van der Waals surface area contributed by atoms with Gasteiger partial charge in [0, 0.05) is 12.2 Å². The number of furan rings is 1. The minimum atomic E-state index is -0.365. The van der Waals surface area contributed by atoms with Crippen molar-refractivity contribution in [2.75, 3.05) is 5.32 Å². The molecule has 0 bridgehead atoms. The summed E-state index contributed by atoms with van der Waals surface area (Å²) in [4.78, 5) is 29.9. The molecule has 0 atom stereocenters. The Bertz CT molecular complexity index is 1010. The predicted octanol–water partition coefficient (Wildman–Crippen LogP) is 3.77. The van der Waals surface area contributed by atoms with Gasteiger partial charge in [0.15, 0.2) is 0 Å². The number of nitrogens with zero attached hydrogens (tertiary/aromatic N) is 2. The highest BCUT2D eigenvalue weighted by Crippen LogP contribution is 2.22. The van der Waals surface area contributed by atoms with E-state index in [1.165, 1.54) is 10.9 Å². The van der Waals surface area contributed by atoms with Crippen LogP contribution in [0, 0.1) is 12.8 Å². The number of fused-ring (bicyclic) bond motifs is 1. The van der Waals surface area contributed by atoms with Crippen LogP contribution in [-0.2, 0) is 13.0 Å². The maximum absolute atomic E-state index is 12.8. The van der Waals surface area contributed by atoms with Crippen molar-refractivity contribution >= 4 is 22.7 Å². The van der Waals surface area contributed by atoms with Crippen LogP contribution < -0.4 is 10.9 Å². The Morgan fingerprint density at radius 2 is 2.12 bits per heavy atom. The minimum Gasteiger partial charge on any atom is -0.442 e. The number of anilines is 1. The van der Waals surface area contributed by atoms with Gasteiger partial charge >= 0.3 is 0 Å². The highest BCUT2D eigenvalue weighted by atomic mass is 16.3. The van der Waals surface area contributed by atoms with Gasteiger partial charge in [-0.05, 0) is 37.0 Å². The lowest BCUT2D eigenvalue weighted by Gasteiger charge is -2.08. The van der Waals surface area contributed by atoms with E-state index in [4.69, 9.17) is 4.42 Å². The number of aromatic nitrogens is 2. The predicted molar refractivity (Wildman–Crippen MR) is 102 cm³/mol. The van der Waals surface area contributed by atoms with Gasteiger partial charge in [0.1, 0.15) is 17.5 Å². The molecule has 2 heterocycles. The van der Waals surface area contributed by atoms with Crippen molar-refractivity contribution in [2.24, 2.45) is 5.92 Å². The van der Waals surface area contributed by atoms with Crippen LogP contribution in [0.15, 0.2) is 39.8 Å². The standard InChI is InChI=1S/C20H23N3O3/c1-5-14-7-6-8-15(9-14)22-18(24)16-13(4)26-19-17(16)20(25)23(11-21-19)10-12(2)3/h6-9,11-12H,5,10H2,1-4H3,(H,22,24). The Morgan fingerprint density at radius 1 is 1.35 bits per heavy atom. The Morgan fingerprint density at radius 3 is 2.81 bits per heavy atom. The van der Waals surface area contributed by atoms with Crippen LogP contribution in [0.1, 0.15) is 42.5 Å². The molecule has 0 unspecified atom stereocenters. The lowest BCUT2D eigenvalue weighted by Crippen LogP contribution is -2.24. The smallest absolute Gasteiger partial charge is 0.265 e. The van der Waals surface area contributed by atoms with Gasteiger partial charge in [0.05, 0.1) is 5.56 Å². The van der Waals surface area contributed by atoms with Crippen molar-refractivity contribution in [3.05, 3.63) is 57.8 Å². The van der Waals surface area contributed by atoms with E-state index in [-0.39, 0.29) is 34.0 Å². The topological polar surface area (TPSA) is 77.1 Å². The van der Waals surface area contributed by atoms with Crippen LogP contribution in [0.2, 0.25) is 0 Å². The van der Waals surface area contributed by atoms with Crippen LogP contribution in [-0.4, -0.2) is 15.5 Å². The molecule has 1 amide bonds. The first kappa shape index (κ1) is 17.9. The molecule has 136 valence electrons. The molecule has 0 fully saturated rings. The van der Waals surface area contributed by atoms with E-state index in [1.807, 2.05) is 38.1 Å². The van der Waals surface area contributed by atoms with Crippen LogP contribution in [0.4, 0.5) is 5.69 Å². The van der Waals surface area contributed by atoms with Crippen molar-refractivity contribution in [1.29, 1.82) is 0 Å². The zero-order chi connectivity index (χ0) is 18.8. The van der Waals surface area contributed by atoms with E-state index < -0.39 is 0 Å². The molecule has 3 rings (SSSR count). The fraction of sp³-hybridized carbons (Fsp3) is 0.350. The van der Waals surface area contributed by atoms with Crippen molar-refractivity contribution in [3.8, 4) is 0 Å². The molecular weight excluding hydrogens is 330 g/mol. The average molecular weight is 353 g/mol. The number of aryl methyl sites for hydroxylation is 2. The van der Waals surface area contributed by atoms with Gasteiger partial charge in [-0.15, -0.1) is 0 Å². The summed E-state index contributed by atoms with van der Waals surface area (Å²) < 4.78 is 7.08. The Labute approximate surface area is 151 Å². The normalized spacial score (nSPS) is 11.3. The van der Waals surface area contributed by atoms with E-state index in [2.05, 4.69) is 17.2 Å². The van der Waals surface area contributed by atoms with E-state index in [9.17, 15) is 9.59 Å². The number of benzene rings is 1. The van der Waals surface area contributed by atoms with Crippen molar-refractivity contribution in [3.63, 3.8) is 0 Å². The second-order valence-corrected chi connectivity index (χ2v) is 6.82. The van der Waals surface area contributed by atoms with E-state index in [0.29, 0.717) is 18.0 Å². The molecule has 0 aliphatic carbocycles. The first-order chi connectivity index (χ1) is 12.4. The molecule has 6 heteroatoms. The lowest BCUT2D eigenvalue weighted by atomic mass is 10.1. The molecule has 2 aromatic heterocycles. The van der Waals surface area contributed by atoms with Gasteiger partial charge in [0.25, 0.3) is 11.5 Å². The second kappa shape index (κ2) is 7.15. The van der Waals surface area contributed by atoms with Gasteiger partial charge in [-0.2, -0.15) is 0 Å². The third kappa shape index (κ3) is 3.40. The molecule has 0 aliphatic rings. The third-order valence-electron chi connectivity index (χ3n) is 4.24. The van der Waals surface area contributed by atoms with E-state index in [0.717, 1.165) is 12.0 Å².